The molecule has 1 saturated heterocycles. The molecule has 1 fully saturated rings. The standard InChI is InChI=1S/C13H14BrFN2O4/c1-13(11(18)19)6-21-5-10(13)17-12(20)16-7-2-3-9(15)8(14)4-7/h2-4,10H,5-6H2,1H3,(H,18,19)(H2,16,17,20). The Balaban J connectivity index is 2.01. The summed E-state index contributed by atoms with van der Waals surface area (Å²) in [5.74, 6) is -1.47. The third-order valence-corrected chi connectivity index (χ3v) is 4.03. The normalized spacial score (nSPS) is 24.6. The van der Waals surface area contributed by atoms with Crippen LogP contribution >= 0.6 is 15.9 Å². The number of anilines is 1. The molecular formula is C13H14BrFN2O4. The zero-order valence-corrected chi connectivity index (χ0v) is 12.7. The Bertz CT molecular complexity index is 583. The van der Waals surface area contributed by atoms with Crippen LogP contribution in [0.4, 0.5) is 14.9 Å². The van der Waals surface area contributed by atoms with E-state index in [1.807, 2.05) is 0 Å². The second kappa shape index (κ2) is 5.98. The molecule has 1 aliphatic rings. The number of carbonyl (C=O) groups is 2. The van der Waals surface area contributed by atoms with Crippen molar-refractivity contribution in [3.63, 3.8) is 0 Å². The van der Waals surface area contributed by atoms with E-state index in [4.69, 9.17) is 4.74 Å². The van der Waals surface area contributed by atoms with Crippen molar-refractivity contribution in [2.24, 2.45) is 5.41 Å². The highest BCUT2D eigenvalue weighted by Gasteiger charge is 2.47. The number of carboxylic acids is 1. The van der Waals surface area contributed by atoms with Gasteiger partial charge in [-0.05, 0) is 41.1 Å². The zero-order chi connectivity index (χ0) is 15.6. The number of ether oxygens (including phenoxy) is 1. The maximum Gasteiger partial charge on any atom is 0.319 e. The Morgan fingerprint density at radius 3 is 2.86 bits per heavy atom. The van der Waals surface area contributed by atoms with E-state index < -0.39 is 29.3 Å². The summed E-state index contributed by atoms with van der Waals surface area (Å²) in [6, 6.07) is 2.81. The summed E-state index contributed by atoms with van der Waals surface area (Å²) in [5, 5.41) is 14.3. The van der Waals surface area contributed by atoms with Crippen molar-refractivity contribution in [2.75, 3.05) is 18.5 Å². The molecule has 1 aromatic rings. The molecule has 1 aliphatic heterocycles. The van der Waals surface area contributed by atoms with Crippen molar-refractivity contribution in [1.29, 1.82) is 0 Å². The van der Waals surface area contributed by atoms with Gasteiger partial charge in [0.2, 0.25) is 0 Å². The molecule has 21 heavy (non-hydrogen) atoms. The SMILES string of the molecule is CC1(C(=O)O)COCC1NC(=O)Nc1ccc(F)c(Br)c1. The second-order valence-electron chi connectivity index (χ2n) is 5.02. The minimum atomic E-state index is -1.17. The first-order valence-electron chi connectivity index (χ1n) is 6.16. The number of aliphatic carboxylic acids is 1. The van der Waals surface area contributed by atoms with Gasteiger partial charge < -0.3 is 20.5 Å². The molecule has 0 bridgehead atoms. The first-order chi connectivity index (χ1) is 9.83. The lowest BCUT2D eigenvalue weighted by molar-refractivity contribution is -0.148. The molecule has 0 aliphatic carbocycles. The zero-order valence-electron chi connectivity index (χ0n) is 11.2. The number of hydrogen-bond donors (Lipinski definition) is 3. The average molecular weight is 361 g/mol. The smallest absolute Gasteiger partial charge is 0.319 e. The molecule has 6 nitrogen and oxygen atoms in total. The third-order valence-electron chi connectivity index (χ3n) is 3.43. The molecule has 2 amide bonds. The molecule has 0 saturated carbocycles. The Labute approximate surface area is 128 Å². The van der Waals surface area contributed by atoms with E-state index in [2.05, 4.69) is 26.6 Å². The van der Waals surface area contributed by atoms with E-state index in [1.165, 1.54) is 25.1 Å². The van der Waals surface area contributed by atoms with E-state index in [1.54, 1.807) is 0 Å². The van der Waals surface area contributed by atoms with E-state index in [-0.39, 0.29) is 17.7 Å². The van der Waals surface area contributed by atoms with Crippen molar-refractivity contribution in [3.05, 3.63) is 28.5 Å². The van der Waals surface area contributed by atoms with Crippen LogP contribution < -0.4 is 10.6 Å². The molecule has 2 atom stereocenters. The van der Waals surface area contributed by atoms with Gasteiger partial charge in [0, 0.05) is 5.69 Å². The number of benzene rings is 1. The number of rotatable bonds is 3. The van der Waals surface area contributed by atoms with Crippen molar-refractivity contribution in [3.8, 4) is 0 Å². The highest BCUT2D eigenvalue weighted by molar-refractivity contribution is 9.10. The first-order valence-corrected chi connectivity index (χ1v) is 6.96. The molecule has 2 rings (SSSR count). The van der Waals surface area contributed by atoms with Crippen LogP contribution in [0.2, 0.25) is 0 Å². The summed E-state index contributed by atoms with van der Waals surface area (Å²) in [6.07, 6.45) is 0. The van der Waals surface area contributed by atoms with Gasteiger partial charge in [-0.3, -0.25) is 4.79 Å². The van der Waals surface area contributed by atoms with Crippen LogP contribution in [0.3, 0.4) is 0 Å². The second-order valence-corrected chi connectivity index (χ2v) is 5.87. The van der Waals surface area contributed by atoms with E-state index in [0.717, 1.165) is 0 Å². The van der Waals surface area contributed by atoms with Crippen molar-refractivity contribution >= 4 is 33.6 Å². The Hall–Kier alpha value is -1.67. The van der Waals surface area contributed by atoms with E-state index in [0.29, 0.717) is 5.69 Å². The molecule has 2 unspecified atom stereocenters. The molecule has 0 spiro atoms. The predicted octanol–water partition coefficient (Wildman–Crippen LogP) is 2.20. The summed E-state index contributed by atoms with van der Waals surface area (Å²) in [5.41, 5.74) is -0.780. The maximum absolute atomic E-state index is 13.1. The maximum atomic E-state index is 13.1. The molecular weight excluding hydrogens is 347 g/mol. The summed E-state index contributed by atoms with van der Waals surface area (Å²) in [4.78, 5) is 23.2. The lowest BCUT2D eigenvalue weighted by Crippen LogP contribution is -2.50. The third kappa shape index (κ3) is 3.33. The minimum Gasteiger partial charge on any atom is -0.481 e. The first kappa shape index (κ1) is 15.7. The van der Waals surface area contributed by atoms with Crippen LogP contribution in [0.25, 0.3) is 0 Å². The van der Waals surface area contributed by atoms with Gasteiger partial charge in [0.1, 0.15) is 11.2 Å². The number of hydrogen-bond acceptors (Lipinski definition) is 3. The van der Waals surface area contributed by atoms with Crippen LogP contribution in [0, 0.1) is 11.2 Å². The van der Waals surface area contributed by atoms with Crippen LogP contribution in [-0.4, -0.2) is 36.4 Å². The van der Waals surface area contributed by atoms with Gasteiger partial charge in [0.05, 0.1) is 23.7 Å². The average Bonchev–Trinajstić information content (AvgIpc) is 2.77. The number of nitrogens with one attached hydrogen (secondary N) is 2. The number of urea groups is 1. The van der Waals surface area contributed by atoms with Gasteiger partial charge in [0.15, 0.2) is 0 Å². The quantitative estimate of drug-likeness (QED) is 0.770. The molecule has 0 radical (unpaired) electrons. The molecule has 114 valence electrons. The monoisotopic (exact) mass is 360 g/mol. The molecule has 1 heterocycles. The fourth-order valence-electron chi connectivity index (χ4n) is 1.98. The largest absolute Gasteiger partial charge is 0.481 e. The minimum absolute atomic E-state index is 0.0371. The topological polar surface area (TPSA) is 87.7 Å². The van der Waals surface area contributed by atoms with Gasteiger partial charge in [-0.15, -0.1) is 0 Å². The van der Waals surface area contributed by atoms with E-state index >= 15 is 0 Å². The molecule has 1 aromatic carbocycles. The number of carboxylic acid groups (broad SMARTS) is 1. The highest BCUT2D eigenvalue weighted by atomic mass is 79.9. The van der Waals surface area contributed by atoms with Crippen LogP contribution in [0.1, 0.15) is 6.92 Å². The fraction of sp³-hybridized carbons (Fsp3) is 0.385. The van der Waals surface area contributed by atoms with Gasteiger partial charge in [-0.2, -0.15) is 0 Å². The van der Waals surface area contributed by atoms with Crippen molar-refractivity contribution in [2.45, 2.75) is 13.0 Å². The Morgan fingerprint density at radius 2 is 2.24 bits per heavy atom. The predicted molar refractivity (Wildman–Crippen MR) is 76.6 cm³/mol. The molecule has 0 aromatic heterocycles. The van der Waals surface area contributed by atoms with Crippen molar-refractivity contribution in [1.82, 2.24) is 5.32 Å². The Kier molecular flexibility index (Phi) is 4.48. The highest BCUT2D eigenvalue weighted by Crippen LogP contribution is 2.28. The number of halogens is 2. The van der Waals surface area contributed by atoms with Crippen LogP contribution in [0.5, 0.6) is 0 Å². The van der Waals surface area contributed by atoms with Gasteiger partial charge in [-0.1, -0.05) is 0 Å². The number of carbonyl (C=O) groups excluding carboxylic acids is 1. The molecule has 8 heteroatoms. The summed E-state index contributed by atoms with van der Waals surface area (Å²) in [6.45, 7) is 1.68. The molecule has 3 N–H and O–H groups in total. The van der Waals surface area contributed by atoms with Gasteiger partial charge >= 0.3 is 12.0 Å². The Morgan fingerprint density at radius 1 is 1.52 bits per heavy atom. The van der Waals surface area contributed by atoms with Crippen LogP contribution in [0.15, 0.2) is 22.7 Å². The lowest BCUT2D eigenvalue weighted by Gasteiger charge is -2.25. The summed E-state index contributed by atoms with van der Waals surface area (Å²) in [7, 11) is 0. The van der Waals surface area contributed by atoms with Gasteiger partial charge in [0.25, 0.3) is 0 Å². The fourth-order valence-corrected chi connectivity index (χ4v) is 2.36. The van der Waals surface area contributed by atoms with Crippen molar-refractivity contribution < 1.29 is 23.8 Å². The van der Waals surface area contributed by atoms with Gasteiger partial charge in [-0.25, -0.2) is 9.18 Å². The van der Waals surface area contributed by atoms with Crippen LogP contribution in [-0.2, 0) is 9.53 Å². The summed E-state index contributed by atoms with van der Waals surface area (Å²) < 4.78 is 18.5. The number of amides is 2. The van der Waals surface area contributed by atoms with E-state index in [9.17, 15) is 19.1 Å². The summed E-state index contributed by atoms with van der Waals surface area (Å²) >= 11 is 3.02. The lowest BCUT2D eigenvalue weighted by atomic mass is 9.85.